The van der Waals surface area contributed by atoms with Crippen molar-refractivity contribution in [3.8, 4) is 0 Å². The van der Waals surface area contributed by atoms with Gasteiger partial charge >= 0.3 is 5.97 Å². The first-order chi connectivity index (χ1) is 11.0. The molecular formula is C18H28NO3S+. The van der Waals surface area contributed by atoms with Gasteiger partial charge in [0.25, 0.3) is 0 Å². The Hall–Kier alpha value is -0.910. The van der Waals surface area contributed by atoms with E-state index in [1.807, 2.05) is 17.5 Å². The van der Waals surface area contributed by atoms with Crippen LogP contribution in [0.25, 0.3) is 0 Å². The molecule has 1 saturated carbocycles. The van der Waals surface area contributed by atoms with Crippen LogP contribution in [0.15, 0.2) is 17.5 Å². The normalized spacial score (nSPS) is 31.2. The van der Waals surface area contributed by atoms with Crippen molar-refractivity contribution < 1.29 is 19.1 Å². The van der Waals surface area contributed by atoms with Crippen LogP contribution in [-0.4, -0.2) is 48.3 Å². The highest BCUT2D eigenvalue weighted by Crippen LogP contribution is 2.43. The van der Waals surface area contributed by atoms with Crippen LogP contribution in [0, 0.1) is 5.92 Å². The largest absolute Gasteiger partial charge is 0.454 e. The molecule has 5 heteroatoms. The van der Waals surface area contributed by atoms with Gasteiger partial charge in [-0.2, -0.15) is 0 Å². The lowest BCUT2D eigenvalue weighted by molar-refractivity contribution is -0.897. The third kappa shape index (κ3) is 3.19. The van der Waals surface area contributed by atoms with E-state index in [2.05, 4.69) is 14.0 Å². The van der Waals surface area contributed by atoms with Crippen molar-refractivity contribution in [3.63, 3.8) is 0 Å². The average molecular weight is 338 g/mol. The van der Waals surface area contributed by atoms with Crippen LogP contribution in [0.3, 0.4) is 0 Å². The third-order valence-electron chi connectivity index (χ3n) is 5.83. The Balaban J connectivity index is 1.76. The smallest absolute Gasteiger partial charge is 0.344 e. The standard InChI is InChI=1S/C18H28NO3S/c1-3-19(2)11-10-15(13-19)22-17(20)18(21,14-7-4-5-8-14)16-9-6-12-23-16/h6,9,12,14-15,21H,3-5,7-8,10-11,13H2,1-2H3/q+1/t15-,18+,19?/m1/s1. The van der Waals surface area contributed by atoms with Crippen LogP contribution in [0.2, 0.25) is 0 Å². The van der Waals surface area contributed by atoms with E-state index >= 15 is 0 Å². The van der Waals surface area contributed by atoms with Gasteiger partial charge in [0, 0.05) is 17.2 Å². The predicted molar refractivity (Wildman–Crippen MR) is 91.1 cm³/mol. The van der Waals surface area contributed by atoms with Gasteiger partial charge in [-0.25, -0.2) is 4.79 Å². The SMILES string of the molecule is CC[N+]1(C)CC[C@@H](OC(=O)[C@@](O)(c2cccs2)C2CCCC2)C1. The highest BCUT2D eigenvalue weighted by Gasteiger charge is 2.50. The fourth-order valence-electron chi connectivity index (χ4n) is 4.06. The molecule has 3 rings (SSSR count). The number of quaternary nitrogens is 1. The Morgan fingerprint density at radius 3 is 2.74 bits per heavy atom. The van der Waals surface area contributed by atoms with Gasteiger partial charge in [-0.15, -0.1) is 11.3 Å². The monoisotopic (exact) mass is 338 g/mol. The number of likely N-dealkylation sites (N-methyl/N-ethyl adjacent to an activating group) is 1. The van der Waals surface area contributed by atoms with E-state index in [-0.39, 0.29) is 12.0 Å². The summed E-state index contributed by atoms with van der Waals surface area (Å²) in [5.74, 6) is -0.441. The molecule has 1 unspecified atom stereocenters. The maximum atomic E-state index is 12.9. The van der Waals surface area contributed by atoms with Crippen molar-refractivity contribution >= 4 is 17.3 Å². The lowest BCUT2D eigenvalue weighted by Gasteiger charge is -2.32. The predicted octanol–water partition coefficient (Wildman–Crippen LogP) is 2.91. The maximum Gasteiger partial charge on any atom is 0.344 e. The molecule has 2 fully saturated rings. The van der Waals surface area contributed by atoms with Gasteiger partial charge < -0.3 is 14.3 Å². The Bertz CT molecular complexity index is 540. The summed E-state index contributed by atoms with van der Waals surface area (Å²) in [6.45, 7) is 5.11. The minimum Gasteiger partial charge on any atom is -0.454 e. The molecular weight excluding hydrogens is 310 g/mol. The molecule has 23 heavy (non-hydrogen) atoms. The number of thiophene rings is 1. The van der Waals surface area contributed by atoms with Gasteiger partial charge in [0.05, 0.1) is 20.1 Å². The minimum atomic E-state index is -1.46. The molecule has 1 N–H and O–H groups in total. The number of hydrogen-bond donors (Lipinski definition) is 1. The number of carbonyl (C=O) groups excluding carboxylic acids is 1. The lowest BCUT2D eigenvalue weighted by Crippen LogP contribution is -2.46. The van der Waals surface area contributed by atoms with E-state index < -0.39 is 11.6 Å². The van der Waals surface area contributed by atoms with E-state index in [1.165, 1.54) is 11.3 Å². The summed E-state index contributed by atoms with van der Waals surface area (Å²) in [6, 6.07) is 3.76. The highest BCUT2D eigenvalue weighted by molar-refractivity contribution is 7.10. The summed E-state index contributed by atoms with van der Waals surface area (Å²) in [6.07, 6.45) is 4.79. The summed E-state index contributed by atoms with van der Waals surface area (Å²) >= 11 is 1.45. The number of nitrogens with zero attached hydrogens (tertiary/aromatic N) is 1. The number of likely N-dealkylation sites (tertiary alicyclic amines) is 1. The molecule has 1 saturated heterocycles. The molecule has 2 heterocycles. The molecule has 3 atom stereocenters. The second-order valence-electron chi connectivity index (χ2n) is 7.38. The van der Waals surface area contributed by atoms with E-state index in [0.717, 1.165) is 61.1 Å². The van der Waals surface area contributed by atoms with Crippen LogP contribution < -0.4 is 0 Å². The minimum absolute atomic E-state index is 0.0119. The first-order valence-electron chi connectivity index (χ1n) is 8.79. The van der Waals surface area contributed by atoms with Crippen LogP contribution in [0.1, 0.15) is 43.9 Å². The first kappa shape index (κ1) is 16.9. The Morgan fingerprint density at radius 2 is 2.17 bits per heavy atom. The molecule has 1 aliphatic carbocycles. The molecule has 1 aromatic heterocycles. The summed E-state index contributed by atoms with van der Waals surface area (Å²) in [7, 11) is 2.20. The van der Waals surface area contributed by atoms with E-state index in [1.54, 1.807) is 0 Å². The van der Waals surface area contributed by atoms with Gasteiger partial charge in [0.15, 0.2) is 11.7 Å². The molecule has 0 amide bonds. The van der Waals surface area contributed by atoms with E-state index in [4.69, 9.17) is 4.74 Å². The Morgan fingerprint density at radius 1 is 1.43 bits per heavy atom. The number of carbonyl (C=O) groups is 1. The van der Waals surface area contributed by atoms with Gasteiger partial charge in [0.2, 0.25) is 0 Å². The number of ether oxygens (including phenoxy) is 1. The third-order valence-corrected chi connectivity index (χ3v) is 6.82. The average Bonchev–Trinajstić information content (AvgIpc) is 3.29. The lowest BCUT2D eigenvalue weighted by atomic mass is 9.84. The van der Waals surface area contributed by atoms with Crippen molar-refractivity contribution in [1.29, 1.82) is 0 Å². The van der Waals surface area contributed by atoms with E-state index in [9.17, 15) is 9.90 Å². The number of aliphatic hydroxyl groups is 1. The van der Waals surface area contributed by atoms with Crippen LogP contribution in [0.5, 0.6) is 0 Å². The van der Waals surface area contributed by atoms with E-state index in [0.29, 0.717) is 0 Å². The van der Waals surface area contributed by atoms with Crippen LogP contribution >= 0.6 is 11.3 Å². The Kier molecular flexibility index (Phi) is 4.81. The zero-order chi connectivity index (χ0) is 16.5. The molecule has 2 aliphatic rings. The molecule has 0 bridgehead atoms. The van der Waals surface area contributed by atoms with Crippen molar-refractivity contribution in [2.24, 2.45) is 5.92 Å². The summed E-state index contributed by atoms with van der Waals surface area (Å²) < 4.78 is 6.76. The van der Waals surface area contributed by atoms with Gasteiger partial charge in [0.1, 0.15) is 6.54 Å². The highest BCUT2D eigenvalue weighted by atomic mass is 32.1. The quantitative estimate of drug-likeness (QED) is 0.663. The summed E-state index contributed by atoms with van der Waals surface area (Å²) in [5.41, 5.74) is -1.46. The van der Waals surface area contributed by atoms with Gasteiger partial charge in [-0.1, -0.05) is 18.9 Å². The number of hydrogen-bond acceptors (Lipinski definition) is 4. The van der Waals surface area contributed by atoms with Crippen LogP contribution in [0.4, 0.5) is 0 Å². The van der Waals surface area contributed by atoms with Crippen molar-refractivity contribution in [2.75, 3.05) is 26.7 Å². The topological polar surface area (TPSA) is 46.5 Å². The van der Waals surface area contributed by atoms with Crippen molar-refractivity contribution in [1.82, 2.24) is 0 Å². The first-order valence-corrected chi connectivity index (χ1v) is 9.67. The second kappa shape index (κ2) is 6.54. The molecule has 0 spiro atoms. The second-order valence-corrected chi connectivity index (χ2v) is 8.33. The molecule has 1 aliphatic heterocycles. The summed E-state index contributed by atoms with van der Waals surface area (Å²) in [4.78, 5) is 13.7. The maximum absolute atomic E-state index is 12.9. The summed E-state index contributed by atoms with van der Waals surface area (Å²) in [5, 5.41) is 13.2. The fourth-order valence-corrected chi connectivity index (χ4v) is 4.95. The zero-order valence-corrected chi connectivity index (χ0v) is 15.0. The van der Waals surface area contributed by atoms with Gasteiger partial charge in [-0.05, 0) is 31.2 Å². The number of esters is 1. The van der Waals surface area contributed by atoms with Crippen molar-refractivity contribution in [2.45, 2.75) is 50.7 Å². The number of rotatable bonds is 5. The van der Waals surface area contributed by atoms with Crippen LogP contribution in [-0.2, 0) is 15.1 Å². The van der Waals surface area contributed by atoms with Crippen molar-refractivity contribution in [3.05, 3.63) is 22.4 Å². The van der Waals surface area contributed by atoms with Gasteiger partial charge in [-0.3, -0.25) is 0 Å². The Labute approximate surface area is 142 Å². The molecule has 0 radical (unpaired) electrons. The zero-order valence-electron chi connectivity index (χ0n) is 14.2. The molecule has 0 aromatic carbocycles. The molecule has 1 aromatic rings. The molecule has 128 valence electrons. The fraction of sp³-hybridized carbons (Fsp3) is 0.722. The molecule has 4 nitrogen and oxygen atoms in total.